The van der Waals surface area contributed by atoms with Gasteiger partial charge in [0.1, 0.15) is 5.82 Å². The first-order valence-electron chi connectivity index (χ1n) is 10.0. The van der Waals surface area contributed by atoms with Gasteiger partial charge >= 0.3 is 0 Å². The number of piperazine rings is 1. The fourth-order valence-corrected chi connectivity index (χ4v) is 3.53. The van der Waals surface area contributed by atoms with Crippen LogP contribution in [0.25, 0.3) is 5.69 Å². The van der Waals surface area contributed by atoms with Crippen molar-refractivity contribution < 1.29 is 4.39 Å². The van der Waals surface area contributed by atoms with Crippen LogP contribution in [0, 0.1) is 11.7 Å². The van der Waals surface area contributed by atoms with Crippen molar-refractivity contribution in [1.29, 1.82) is 0 Å². The molecule has 0 amide bonds. The van der Waals surface area contributed by atoms with E-state index in [1.165, 1.54) is 12.1 Å². The van der Waals surface area contributed by atoms with Gasteiger partial charge in [-0.3, -0.25) is 9.89 Å². The molecule has 0 bridgehead atoms. The molecule has 1 N–H and O–H groups in total. The molecule has 0 saturated carbocycles. The molecular weight excluding hydrogens is 355 g/mol. The molecule has 2 aromatic rings. The summed E-state index contributed by atoms with van der Waals surface area (Å²) in [5.74, 6) is 1.43. The van der Waals surface area contributed by atoms with Gasteiger partial charge in [-0.25, -0.2) is 9.07 Å². The highest BCUT2D eigenvalue weighted by Gasteiger charge is 2.19. The lowest BCUT2D eigenvalue weighted by Gasteiger charge is -2.37. The Bertz CT molecular complexity index is 759. The van der Waals surface area contributed by atoms with Gasteiger partial charge in [0, 0.05) is 58.9 Å². The standard InChI is InChI=1S/C21H31FN6/c1-17(2)16-26-12-14-27(15-13-26)21(23-3)24-10-8-19-9-11-28(25-19)20-6-4-18(22)5-7-20/h4-7,9,11,17H,8,10,12-16H2,1-3H3,(H,23,24). The number of guanidine groups is 1. The summed E-state index contributed by atoms with van der Waals surface area (Å²) in [7, 11) is 1.84. The first kappa shape index (κ1) is 20.3. The second-order valence-corrected chi connectivity index (χ2v) is 7.63. The maximum absolute atomic E-state index is 13.1. The third-order valence-electron chi connectivity index (χ3n) is 4.91. The molecule has 28 heavy (non-hydrogen) atoms. The lowest BCUT2D eigenvalue weighted by molar-refractivity contribution is 0.164. The Morgan fingerprint density at radius 3 is 2.50 bits per heavy atom. The maximum Gasteiger partial charge on any atom is 0.193 e. The predicted octanol–water partition coefficient (Wildman–Crippen LogP) is 2.40. The van der Waals surface area contributed by atoms with Crippen LogP contribution in [0.2, 0.25) is 0 Å². The third-order valence-corrected chi connectivity index (χ3v) is 4.91. The zero-order chi connectivity index (χ0) is 19.9. The van der Waals surface area contributed by atoms with Gasteiger partial charge in [0.25, 0.3) is 0 Å². The largest absolute Gasteiger partial charge is 0.356 e. The van der Waals surface area contributed by atoms with Crippen molar-refractivity contribution >= 4 is 5.96 Å². The summed E-state index contributed by atoms with van der Waals surface area (Å²) in [6.45, 7) is 10.7. The summed E-state index contributed by atoms with van der Waals surface area (Å²) in [6.07, 6.45) is 2.71. The Balaban J connectivity index is 1.46. The second-order valence-electron chi connectivity index (χ2n) is 7.63. The van der Waals surface area contributed by atoms with Crippen LogP contribution in [-0.4, -0.2) is 71.9 Å². The first-order valence-corrected chi connectivity index (χ1v) is 10.0. The Labute approximate surface area is 167 Å². The molecule has 1 aromatic carbocycles. The minimum Gasteiger partial charge on any atom is -0.356 e. The summed E-state index contributed by atoms with van der Waals surface area (Å²) in [5.41, 5.74) is 1.85. The number of nitrogens with one attached hydrogen (secondary N) is 1. The molecule has 3 rings (SSSR count). The summed E-state index contributed by atoms with van der Waals surface area (Å²) in [6, 6.07) is 8.35. The van der Waals surface area contributed by atoms with E-state index in [2.05, 4.69) is 39.1 Å². The van der Waals surface area contributed by atoms with E-state index in [1.54, 1.807) is 16.8 Å². The monoisotopic (exact) mass is 386 g/mol. The minimum atomic E-state index is -0.239. The van der Waals surface area contributed by atoms with E-state index < -0.39 is 0 Å². The molecule has 0 radical (unpaired) electrons. The number of hydrogen-bond acceptors (Lipinski definition) is 3. The van der Waals surface area contributed by atoms with Crippen molar-refractivity contribution in [2.45, 2.75) is 20.3 Å². The van der Waals surface area contributed by atoms with E-state index in [-0.39, 0.29) is 5.82 Å². The summed E-state index contributed by atoms with van der Waals surface area (Å²) >= 11 is 0. The van der Waals surface area contributed by atoms with Gasteiger partial charge in [-0.05, 0) is 36.2 Å². The Morgan fingerprint density at radius 2 is 1.86 bits per heavy atom. The highest BCUT2D eigenvalue weighted by Crippen LogP contribution is 2.09. The molecular formula is C21H31FN6. The third kappa shape index (κ3) is 5.55. The van der Waals surface area contributed by atoms with Crippen LogP contribution in [0.4, 0.5) is 4.39 Å². The molecule has 1 saturated heterocycles. The van der Waals surface area contributed by atoms with Crippen molar-refractivity contribution in [2.24, 2.45) is 10.9 Å². The van der Waals surface area contributed by atoms with Gasteiger partial charge in [0.15, 0.2) is 5.96 Å². The quantitative estimate of drug-likeness (QED) is 0.612. The van der Waals surface area contributed by atoms with Gasteiger partial charge in [-0.1, -0.05) is 13.8 Å². The first-order chi connectivity index (χ1) is 13.5. The summed E-state index contributed by atoms with van der Waals surface area (Å²) in [4.78, 5) is 9.29. The fourth-order valence-electron chi connectivity index (χ4n) is 3.53. The fraction of sp³-hybridized carbons (Fsp3) is 0.524. The summed E-state index contributed by atoms with van der Waals surface area (Å²) < 4.78 is 14.8. The molecule has 6 nitrogen and oxygen atoms in total. The van der Waals surface area contributed by atoms with Gasteiger partial charge in [-0.2, -0.15) is 5.10 Å². The zero-order valence-electron chi connectivity index (χ0n) is 17.1. The average Bonchev–Trinajstić information content (AvgIpc) is 3.15. The van der Waals surface area contributed by atoms with E-state index >= 15 is 0 Å². The van der Waals surface area contributed by atoms with Crippen LogP contribution in [0.15, 0.2) is 41.5 Å². The van der Waals surface area contributed by atoms with Crippen molar-refractivity contribution in [3.63, 3.8) is 0 Å². The van der Waals surface area contributed by atoms with Gasteiger partial charge < -0.3 is 10.2 Å². The van der Waals surface area contributed by atoms with Crippen LogP contribution in [0.5, 0.6) is 0 Å². The minimum absolute atomic E-state index is 0.239. The number of benzene rings is 1. The van der Waals surface area contributed by atoms with E-state index in [9.17, 15) is 4.39 Å². The predicted molar refractivity (Wildman–Crippen MR) is 111 cm³/mol. The topological polar surface area (TPSA) is 48.7 Å². The normalized spacial score (nSPS) is 16.0. The molecule has 152 valence electrons. The van der Waals surface area contributed by atoms with Crippen molar-refractivity contribution in [2.75, 3.05) is 46.3 Å². The molecule has 1 aromatic heterocycles. The number of nitrogens with zero attached hydrogens (tertiary/aromatic N) is 5. The number of aromatic nitrogens is 2. The second kappa shape index (κ2) is 9.68. The van der Waals surface area contributed by atoms with Crippen LogP contribution >= 0.6 is 0 Å². The Kier molecular flexibility index (Phi) is 7.03. The number of halogens is 1. The van der Waals surface area contributed by atoms with Crippen molar-refractivity contribution in [3.8, 4) is 5.69 Å². The Hall–Kier alpha value is -2.41. The molecule has 0 spiro atoms. The van der Waals surface area contributed by atoms with E-state index in [0.29, 0.717) is 5.92 Å². The zero-order valence-corrected chi connectivity index (χ0v) is 17.1. The van der Waals surface area contributed by atoms with Gasteiger partial charge in [0.2, 0.25) is 0 Å². The molecule has 1 aliphatic heterocycles. The molecule has 2 heterocycles. The highest BCUT2D eigenvalue weighted by atomic mass is 19.1. The highest BCUT2D eigenvalue weighted by molar-refractivity contribution is 5.80. The summed E-state index contributed by atoms with van der Waals surface area (Å²) in [5, 5.41) is 8.04. The van der Waals surface area contributed by atoms with Crippen LogP contribution in [-0.2, 0) is 6.42 Å². The molecule has 1 aliphatic rings. The van der Waals surface area contributed by atoms with E-state index in [4.69, 9.17) is 0 Å². The number of hydrogen-bond donors (Lipinski definition) is 1. The van der Waals surface area contributed by atoms with Crippen LogP contribution in [0.1, 0.15) is 19.5 Å². The van der Waals surface area contributed by atoms with Crippen molar-refractivity contribution in [3.05, 3.63) is 48.0 Å². The van der Waals surface area contributed by atoms with Crippen LogP contribution < -0.4 is 5.32 Å². The lowest BCUT2D eigenvalue weighted by Crippen LogP contribution is -2.53. The van der Waals surface area contributed by atoms with Crippen LogP contribution in [0.3, 0.4) is 0 Å². The van der Waals surface area contributed by atoms with Gasteiger partial charge in [-0.15, -0.1) is 0 Å². The lowest BCUT2D eigenvalue weighted by atomic mass is 10.2. The average molecular weight is 387 g/mol. The smallest absolute Gasteiger partial charge is 0.193 e. The molecule has 7 heteroatoms. The number of aliphatic imine (C=N–C) groups is 1. The number of rotatable bonds is 6. The van der Waals surface area contributed by atoms with E-state index in [0.717, 1.165) is 63.0 Å². The molecule has 0 unspecified atom stereocenters. The molecule has 0 atom stereocenters. The Morgan fingerprint density at radius 1 is 1.14 bits per heavy atom. The molecule has 1 fully saturated rings. The SMILES string of the molecule is CN=C(NCCc1ccn(-c2ccc(F)cc2)n1)N1CCN(CC(C)C)CC1. The van der Waals surface area contributed by atoms with Crippen molar-refractivity contribution in [1.82, 2.24) is 24.9 Å². The van der Waals surface area contributed by atoms with E-state index in [1.807, 2.05) is 19.3 Å². The maximum atomic E-state index is 13.1. The molecule has 0 aliphatic carbocycles. The van der Waals surface area contributed by atoms with Gasteiger partial charge in [0.05, 0.1) is 11.4 Å².